The average molecular weight is 517 g/mol. The van der Waals surface area contributed by atoms with Gasteiger partial charge in [-0.2, -0.15) is 5.26 Å². The molecule has 0 spiro atoms. The van der Waals surface area contributed by atoms with Crippen molar-refractivity contribution in [3.05, 3.63) is 40.7 Å². The maximum atomic E-state index is 12.2. The Morgan fingerprint density at radius 3 is 2.80 bits per heavy atom. The molecule has 8 nitrogen and oxygen atoms in total. The van der Waals surface area contributed by atoms with E-state index in [1.807, 2.05) is 13.0 Å². The van der Waals surface area contributed by atoms with Crippen LogP contribution in [0.3, 0.4) is 0 Å². The Morgan fingerprint density at radius 2 is 2.14 bits per heavy atom. The molecule has 2 aliphatic heterocycles. The summed E-state index contributed by atoms with van der Waals surface area (Å²) in [4.78, 5) is 14.2. The van der Waals surface area contributed by atoms with Gasteiger partial charge in [0.15, 0.2) is 11.5 Å². The summed E-state index contributed by atoms with van der Waals surface area (Å²) in [6.07, 6.45) is 5.65. The van der Waals surface area contributed by atoms with E-state index in [1.54, 1.807) is 24.6 Å². The zero-order chi connectivity index (χ0) is 25.2. The summed E-state index contributed by atoms with van der Waals surface area (Å²) < 4.78 is 12.2. The Kier molecular flexibility index (Phi) is 7.86. The van der Waals surface area contributed by atoms with E-state index in [2.05, 4.69) is 32.0 Å². The molecular formula is C25H33ClN6O2S. The van der Waals surface area contributed by atoms with Gasteiger partial charge < -0.3 is 20.2 Å². The van der Waals surface area contributed by atoms with Gasteiger partial charge in [-0.1, -0.05) is 17.7 Å². The maximum absolute atomic E-state index is 12.2. The highest BCUT2D eigenvalue weighted by Gasteiger charge is 2.36. The number of halogens is 1. The van der Waals surface area contributed by atoms with Crippen molar-refractivity contribution >= 4 is 38.6 Å². The lowest BCUT2D eigenvalue weighted by Crippen LogP contribution is -2.54. The Hall–Kier alpha value is -2.38. The molecule has 0 saturated carbocycles. The predicted molar refractivity (Wildman–Crippen MR) is 142 cm³/mol. The normalized spacial score (nSPS) is 21.6. The van der Waals surface area contributed by atoms with Gasteiger partial charge in [0.25, 0.3) is 0 Å². The second-order valence-corrected chi connectivity index (χ2v) is 12.6. The van der Waals surface area contributed by atoms with E-state index in [1.165, 1.54) is 12.8 Å². The number of anilines is 2. The highest BCUT2D eigenvalue weighted by Crippen LogP contribution is 2.34. The van der Waals surface area contributed by atoms with Crippen molar-refractivity contribution in [2.75, 3.05) is 55.8 Å². The van der Waals surface area contributed by atoms with Crippen LogP contribution in [0.4, 0.5) is 11.6 Å². The van der Waals surface area contributed by atoms with Gasteiger partial charge in [-0.3, -0.25) is 4.21 Å². The topological polar surface area (TPSA) is 105 Å². The fraction of sp³-hybridized carbons (Fsp3) is 0.520. The van der Waals surface area contributed by atoms with Gasteiger partial charge in [0.2, 0.25) is 0 Å². The summed E-state index contributed by atoms with van der Waals surface area (Å²) in [5.41, 5.74) is 1.04. The fourth-order valence-corrected chi connectivity index (χ4v) is 6.08. The fourth-order valence-electron chi connectivity index (χ4n) is 4.94. The zero-order valence-electron chi connectivity index (χ0n) is 20.3. The van der Waals surface area contributed by atoms with E-state index in [-0.39, 0.29) is 18.3 Å². The summed E-state index contributed by atoms with van der Waals surface area (Å²) in [5, 5.41) is 22.6. The van der Waals surface area contributed by atoms with Gasteiger partial charge in [0.05, 0.1) is 18.8 Å². The third kappa shape index (κ3) is 5.89. The minimum Gasteiger partial charge on any atom is -0.395 e. The molecule has 35 heavy (non-hydrogen) atoms. The van der Waals surface area contributed by atoms with Crippen molar-refractivity contribution in [1.29, 1.82) is 5.26 Å². The van der Waals surface area contributed by atoms with Crippen LogP contribution in [-0.4, -0.2) is 75.6 Å². The van der Waals surface area contributed by atoms with Crippen LogP contribution < -0.4 is 10.2 Å². The third-order valence-corrected chi connectivity index (χ3v) is 8.59. The molecule has 2 aromatic rings. The molecule has 10 heteroatoms. The van der Waals surface area contributed by atoms with Crippen molar-refractivity contribution in [2.45, 2.75) is 30.7 Å². The lowest BCUT2D eigenvalue weighted by Gasteiger charge is -2.47. The van der Waals surface area contributed by atoms with Crippen LogP contribution in [0.25, 0.3) is 0 Å². The van der Waals surface area contributed by atoms with E-state index in [4.69, 9.17) is 16.6 Å². The number of rotatable bonds is 8. The molecule has 3 unspecified atom stereocenters. The molecule has 0 amide bonds. The minimum absolute atomic E-state index is 0.211. The number of nitrogens with one attached hydrogen (secondary N) is 1. The standard InChI is InChI=1S/C25H33ClN6O2S/c1-17(21-7-6-20(11-22(21)26)35(2,3)34)29-25-23(12-27)28-13-24(30-25)32-15-19(16-32)18-5-4-8-31(14-18)9-10-33/h6-7,11,13,17-19,33H,2,4-5,8-10,14-16H2,1,3H3,(H,29,30). The van der Waals surface area contributed by atoms with Crippen molar-refractivity contribution < 1.29 is 9.32 Å². The van der Waals surface area contributed by atoms with Gasteiger partial charge >= 0.3 is 0 Å². The lowest BCUT2D eigenvalue weighted by atomic mass is 9.80. The Morgan fingerprint density at radius 1 is 1.37 bits per heavy atom. The number of hydrogen-bond donors (Lipinski definition) is 2. The smallest absolute Gasteiger partial charge is 0.183 e. The Bertz CT molecular complexity index is 1210. The number of aliphatic hydroxyl groups excluding tert-OH is 1. The molecule has 3 heterocycles. The lowest BCUT2D eigenvalue weighted by molar-refractivity contribution is 0.101. The van der Waals surface area contributed by atoms with Gasteiger partial charge in [0.1, 0.15) is 11.9 Å². The summed E-state index contributed by atoms with van der Waals surface area (Å²) in [6, 6.07) is 7.16. The van der Waals surface area contributed by atoms with Crippen LogP contribution >= 0.6 is 11.6 Å². The number of likely N-dealkylation sites (tertiary alicyclic amines) is 1. The van der Waals surface area contributed by atoms with Crippen molar-refractivity contribution in [3.63, 3.8) is 0 Å². The van der Waals surface area contributed by atoms with Crippen molar-refractivity contribution in [1.82, 2.24) is 14.9 Å². The SMILES string of the molecule is C=S(C)(=O)c1ccc(C(C)Nc2nc(N3CC(C4CCCN(CCO)C4)C3)cnc2C#N)c(Cl)c1. The second kappa shape index (κ2) is 10.7. The second-order valence-electron chi connectivity index (χ2n) is 9.68. The summed E-state index contributed by atoms with van der Waals surface area (Å²) in [6.45, 7) is 6.85. The highest BCUT2D eigenvalue weighted by molar-refractivity contribution is 7.99. The monoisotopic (exact) mass is 516 g/mol. The molecule has 1 aromatic heterocycles. The first-order valence-corrected chi connectivity index (χ1v) is 14.4. The van der Waals surface area contributed by atoms with Gasteiger partial charge in [-0.15, -0.1) is 0 Å². The van der Waals surface area contributed by atoms with Crippen LogP contribution in [0.15, 0.2) is 29.3 Å². The van der Waals surface area contributed by atoms with Crippen LogP contribution in [0.5, 0.6) is 0 Å². The Labute approximate surface area is 212 Å². The molecule has 2 saturated heterocycles. The first-order chi connectivity index (χ1) is 16.7. The van der Waals surface area contributed by atoms with Crippen LogP contribution in [0.2, 0.25) is 5.02 Å². The van der Waals surface area contributed by atoms with E-state index < -0.39 is 9.52 Å². The third-order valence-electron chi connectivity index (χ3n) is 7.01. The van der Waals surface area contributed by atoms with Crippen LogP contribution in [0.1, 0.15) is 37.1 Å². The molecular weight excluding hydrogens is 484 g/mol. The number of aromatic nitrogens is 2. The number of nitrogens with zero attached hydrogens (tertiary/aromatic N) is 5. The summed E-state index contributed by atoms with van der Waals surface area (Å²) >= 11 is 6.48. The number of nitriles is 1. The molecule has 3 atom stereocenters. The van der Waals surface area contributed by atoms with Crippen molar-refractivity contribution in [2.24, 2.45) is 11.8 Å². The molecule has 2 N–H and O–H groups in total. The Balaban J connectivity index is 1.44. The molecule has 0 radical (unpaired) electrons. The van der Waals surface area contributed by atoms with Crippen LogP contribution in [-0.2, 0) is 9.52 Å². The number of β-amino-alcohol motifs (C(OH)–C–C–N with tert-alkyl or cyclic N) is 1. The quantitative estimate of drug-likeness (QED) is 0.516. The minimum atomic E-state index is -2.36. The molecule has 2 aliphatic rings. The maximum Gasteiger partial charge on any atom is 0.183 e. The number of hydrogen-bond acceptors (Lipinski definition) is 8. The largest absolute Gasteiger partial charge is 0.395 e. The molecule has 2 fully saturated rings. The average Bonchev–Trinajstić information content (AvgIpc) is 2.78. The predicted octanol–water partition coefficient (Wildman–Crippen LogP) is 3.02. The van der Waals surface area contributed by atoms with Gasteiger partial charge in [-0.05, 0) is 71.2 Å². The number of benzene rings is 1. The first kappa shape index (κ1) is 25.7. The molecule has 188 valence electrons. The number of aliphatic hydroxyl groups is 1. The van der Waals surface area contributed by atoms with E-state index in [9.17, 15) is 14.6 Å². The molecule has 0 aliphatic carbocycles. The van der Waals surface area contributed by atoms with E-state index in [0.717, 1.165) is 44.1 Å². The summed E-state index contributed by atoms with van der Waals surface area (Å²) in [5.74, 6) is 6.12. The number of piperidine rings is 1. The van der Waals surface area contributed by atoms with E-state index in [0.29, 0.717) is 27.6 Å². The molecule has 4 rings (SSSR count). The molecule has 0 bridgehead atoms. The summed E-state index contributed by atoms with van der Waals surface area (Å²) in [7, 11) is -2.36. The van der Waals surface area contributed by atoms with E-state index >= 15 is 0 Å². The molecule has 1 aromatic carbocycles. The first-order valence-electron chi connectivity index (χ1n) is 11.9. The van der Waals surface area contributed by atoms with Gasteiger partial charge in [-0.25, -0.2) is 9.97 Å². The van der Waals surface area contributed by atoms with Crippen molar-refractivity contribution in [3.8, 4) is 6.07 Å². The zero-order valence-corrected chi connectivity index (χ0v) is 21.9. The highest BCUT2D eigenvalue weighted by atomic mass is 35.5. The van der Waals surface area contributed by atoms with Gasteiger partial charge in [0, 0.05) is 42.4 Å². The van der Waals surface area contributed by atoms with Crippen LogP contribution in [0, 0.1) is 23.2 Å².